The molecule has 6 heteroatoms. The standard InChI is InChI=1S/C14H12N2O4/c1-20-14-5-3-2-4-10(14)9-15-12-7-6-11(16(18)19)8-13(12)17/h2-9,17H,1H3. The smallest absolute Gasteiger partial charge is 0.273 e. The number of phenolic OH excluding ortho intramolecular Hbond substituents is 1. The minimum absolute atomic E-state index is 0.182. The monoisotopic (exact) mass is 272 g/mol. The van der Waals surface area contributed by atoms with Crippen LogP contribution in [-0.4, -0.2) is 23.4 Å². The maximum absolute atomic E-state index is 10.6. The van der Waals surface area contributed by atoms with Crippen molar-refractivity contribution >= 4 is 17.6 Å². The number of nitrogens with zero attached hydrogens (tertiary/aromatic N) is 2. The Hall–Kier alpha value is -2.89. The van der Waals surface area contributed by atoms with Crippen LogP contribution >= 0.6 is 0 Å². The van der Waals surface area contributed by atoms with Gasteiger partial charge in [0, 0.05) is 17.8 Å². The van der Waals surface area contributed by atoms with E-state index in [1.165, 1.54) is 18.3 Å². The number of aromatic hydroxyl groups is 1. The highest BCUT2D eigenvalue weighted by atomic mass is 16.6. The van der Waals surface area contributed by atoms with Gasteiger partial charge in [-0.2, -0.15) is 0 Å². The largest absolute Gasteiger partial charge is 0.505 e. The van der Waals surface area contributed by atoms with Gasteiger partial charge in [-0.15, -0.1) is 0 Å². The average molecular weight is 272 g/mol. The van der Waals surface area contributed by atoms with Gasteiger partial charge in [-0.05, 0) is 18.2 Å². The van der Waals surface area contributed by atoms with Crippen molar-refractivity contribution in [3.8, 4) is 11.5 Å². The van der Waals surface area contributed by atoms with E-state index in [9.17, 15) is 15.2 Å². The molecule has 1 N–H and O–H groups in total. The molecule has 0 saturated carbocycles. The predicted molar refractivity (Wildman–Crippen MR) is 75.0 cm³/mol. The van der Waals surface area contributed by atoms with Crippen LogP contribution in [0.3, 0.4) is 0 Å². The van der Waals surface area contributed by atoms with Gasteiger partial charge < -0.3 is 9.84 Å². The molecule has 0 aliphatic heterocycles. The molecule has 0 spiro atoms. The molecule has 0 unspecified atom stereocenters. The number of benzene rings is 2. The van der Waals surface area contributed by atoms with Crippen LogP contribution in [-0.2, 0) is 0 Å². The van der Waals surface area contributed by atoms with E-state index in [-0.39, 0.29) is 17.1 Å². The van der Waals surface area contributed by atoms with Crippen LogP contribution in [0, 0.1) is 10.1 Å². The molecule has 0 aliphatic carbocycles. The van der Waals surface area contributed by atoms with Gasteiger partial charge in [-0.1, -0.05) is 12.1 Å². The number of non-ortho nitro benzene ring substituents is 1. The number of nitro benzene ring substituents is 1. The number of ether oxygens (including phenoxy) is 1. The number of para-hydroxylation sites is 1. The minimum atomic E-state index is -0.576. The topological polar surface area (TPSA) is 85.0 Å². The van der Waals surface area contributed by atoms with E-state index in [4.69, 9.17) is 4.74 Å². The second-order valence-electron chi connectivity index (χ2n) is 3.93. The Bertz CT molecular complexity index is 668. The fourth-order valence-electron chi connectivity index (χ4n) is 1.65. The SMILES string of the molecule is COc1ccccc1C=Nc1ccc([N+](=O)[O-])cc1O. The summed E-state index contributed by atoms with van der Waals surface area (Å²) in [5.41, 5.74) is 0.813. The van der Waals surface area contributed by atoms with Crippen molar-refractivity contribution in [3.05, 3.63) is 58.1 Å². The first kappa shape index (κ1) is 13.5. The zero-order valence-electron chi connectivity index (χ0n) is 10.7. The maximum Gasteiger partial charge on any atom is 0.273 e. The highest BCUT2D eigenvalue weighted by Gasteiger charge is 2.09. The molecular formula is C14H12N2O4. The summed E-state index contributed by atoms with van der Waals surface area (Å²) in [6.45, 7) is 0. The van der Waals surface area contributed by atoms with Crippen LogP contribution in [0.1, 0.15) is 5.56 Å². The summed E-state index contributed by atoms with van der Waals surface area (Å²) in [6.07, 6.45) is 1.53. The molecule has 6 nitrogen and oxygen atoms in total. The number of methoxy groups -OCH3 is 1. The lowest BCUT2D eigenvalue weighted by Crippen LogP contribution is -1.90. The van der Waals surface area contributed by atoms with Gasteiger partial charge in [0.1, 0.15) is 17.2 Å². The predicted octanol–water partition coefficient (Wildman–Crippen LogP) is 3.06. The van der Waals surface area contributed by atoms with Crippen molar-refractivity contribution in [3.63, 3.8) is 0 Å². The van der Waals surface area contributed by atoms with E-state index in [0.29, 0.717) is 5.75 Å². The minimum Gasteiger partial charge on any atom is -0.505 e. The molecule has 0 atom stereocenters. The number of nitro groups is 1. The van der Waals surface area contributed by atoms with Gasteiger partial charge in [0.25, 0.3) is 5.69 Å². The first-order chi connectivity index (χ1) is 9.61. The molecule has 2 rings (SSSR count). The summed E-state index contributed by atoms with van der Waals surface area (Å²) in [5, 5.41) is 20.3. The Kier molecular flexibility index (Phi) is 3.95. The molecule has 20 heavy (non-hydrogen) atoms. The quantitative estimate of drug-likeness (QED) is 0.526. The Morgan fingerprint density at radius 3 is 2.70 bits per heavy atom. The summed E-state index contributed by atoms with van der Waals surface area (Å²) < 4.78 is 5.17. The van der Waals surface area contributed by atoms with E-state index in [2.05, 4.69) is 4.99 Å². The summed E-state index contributed by atoms with van der Waals surface area (Å²) in [7, 11) is 1.55. The Morgan fingerprint density at radius 1 is 1.30 bits per heavy atom. The van der Waals surface area contributed by atoms with Crippen molar-refractivity contribution in [2.24, 2.45) is 4.99 Å². The molecule has 0 amide bonds. The lowest BCUT2D eigenvalue weighted by atomic mass is 10.2. The molecular weight excluding hydrogens is 260 g/mol. The summed E-state index contributed by atoms with van der Waals surface area (Å²) in [6, 6.07) is 11.0. The molecule has 0 aliphatic rings. The molecule has 0 aromatic heterocycles. The van der Waals surface area contributed by atoms with Crippen LogP contribution < -0.4 is 4.74 Å². The normalized spacial score (nSPS) is 10.7. The fourth-order valence-corrected chi connectivity index (χ4v) is 1.65. The second-order valence-corrected chi connectivity index (χ2v) is 3.93. The van der Waals surface area contributed by atoms with Gasteiger partial charge in [-0.3, -0.25) is 15.1 Å². The van der Waals surface area contributed by atoms with Gasteiger partial charge in [0.05, 0.1) is 18.1 Å². The third-order valence-corrected chi connectivity index (χ3v) is 2.65. The molecule has 0 bridgehead atoms. The van der Waals surface area contributed by atoms with Crippen molar-refractivity contribution in [1.29, 1.82) is 0 Å². The summed E-state index contributed by atoms with van der Waals surface area (Å²) in [5.74, 6) is 0.406. The van der Waals surface area contributed by atoms with E-state index in [1.54, 1.807) is 13.2 Å². The van der Waals surface area contributed by atoms with Gasteiger partial charge >= 0.3 is 0 Å². The molecule has 102 valence electrons. The number of aliphatic imine (C=N–C) groups is 1. The Morgan fingerprint density at radius 2 is 2.05 bits per heavy atom. The van der Waals surface area contributed by atoms with E-state index < -0.39 is 4.92 Å². The molecule has 0 fully saturated rings. The summed E-state index contributed by atoms with van der Waals surface area (Å²) in [4.78, 5) is 14.1. The van der Waals surface area contributed by atoms with E-state index in [0.717, 1.165) is 11.6 Å². The molecule has 0 saturated heterocycles. The van der Waals surface area contributed by atoms with Crippen molar-refractivity contribution in [1.82, 2.24) is 0 Å². The van der Waals surface area contributed by atoms with Crippen LogP contribution in [0.5, 0.6) is 11.5 Å². The first-order valence-corrected chi connectivity index (χ1v) is 5.76. The first-order valence-electron chi connectivity index (χ1n) is 5.76. The third kappa shape index (κ3) is 2.92. The lowest BCUT2D eigenvalue weighted by Gasteiger charge is -2.03. The zero-order chi connectivity index (χ0) is 14.5. The molecule has 0 heterocycles. The van der Waals surface area contributed by atoms with Gasteiger partial charge in [-0.25, -0.2) is 0 Å². The number of rotatable bonds is 4. The van der Waals surface area contributed by atoms with Crippen molar-refractivity contribution < 1.29 is 14.8 Å². The van der Waals surface area contributed by atoms with Crippen molar-refractivity contribution in [2.45, 2.75) is 0 Å². The zero-order valence-corrected chi connectivity index (χ0v) is 10.7. The maximum atomic E-state index is 10.6. The van der Waals surface area contributed by atoms with Crippen LogP contribution in [0.4, 0.5) is 11.4 Å². The molecule has 2 aromatic carbocycles. The highest BCUT2D eigenvalue weighted by molar-refractivity contribution is 5.86. The molecule has 2 aromatic rings. The Balaban J connectivity index is 2.30. The van der Waals surface area contributed by atoms with Crippen LogP contribution in [0.2, 0.25) is 0 Å². The Labute approximate surface area is 115 Å². The molecule has 0 radical (unpaired) electrons. The van der Waals surface area contributed by atoms with Crippen molar-refractivity contribution in [2.75, 3.05) is 7.11 Å². The van der Waals surface area contributed by atoms with E-state index >= 15 is 0 Å². The average Bonchev–Trinajstić information content (AvgIpc) is 2.46. The van der Waals surface area contributed by atoms with Crippen LogP contribution in [0.25, 0.3) is 0 Å². The summed E-state index contributed by atoms with van der Waals surface area (Å²) >= 11 is 0. The van der Waals surface area contributed by atoms with E-state index in [1.807, 2.05) is 18.2 Å². The van der Waals surface area contributed by atoms with Crippen LogP contribution in [0.15, 0.2) is 47.5 Å². The van der Waals surface area contributed by atoms with Gasteiger partial charge in [0.2, 0.25) is 0 Å². The number of phenols is 1. The number of hydrogen-bond acceptors (Lipinski definition) is 5. The second kappa shape index (κ2) is 5.83. The highest BCUT2D eigenvalue weighted by Crippen LogP contribution is 2.30. The number of hydrogen-bond donors (Lipinski definition) is 1. The lowest BCUT2D eigenvalue weighted by molar-refractivity contribution is -0.384. The fraction of sp³-hybridized carbons (Fsp3) is 0.0714. The van der Waals surface area contributed by atoms with Gasteiger partial charge in [0.15, 0.2) is 0 Å². The third-order valence-electron chi connectivity index (χ3n) is 2.65.